The standard InChI is InChI=1S/C22H24ClFN4O2S/c23-15-3-1-14(2-4-15)11-28-10-9-19-18(12-28)21(30)27-22(26-19)31-13-20(29)25-17-7-5-16(24)6-8-17/h1-8,18-19,22,26H,9-13H2,(H,25,29)(H,27,30). The number of benzene rings is 2. The third-order valence-corrected chi connectivity index (χ3v) is 6.77. The lowest BCUT2D eigenvalue weighted by molar-refractivity contribution is -0.130. The molecule has 4 rings (SSSR count). The average Bonchev–Trinajstić information content (AvgIpc) is 2.76. The molecular weight excluding hydrogens is 439 g/mol. The summed E-state index contributed by atoms with van der Waals surface area (Å²) >= 11 is 7.29. The number of fused-ring (bicyclic) bond motifs is 1. The number of nitrogens with one attached hydrogen (secondary N) is 3. The number of piperidine rings is 1. The number of carbonyl (C=O) groups excluding carboxylic acids is 2. The van der Waals surface area contributed by atoms with Gasteiger partial charge in [-0.25, -0.2) is 4.39 Å². The van der Waals surface area contributed by atoms with Crippen LogP contribution in [0.1, 0.15) is 12.0 Å². The second kappa shape index (κ2) is 9.99. The summed E-state index contributed by atoms with van der Waals surface area (Å²) in [7, 11) is 0. The molecule has 6 nitrogen and oxygen atoms in total. The predicted molar refractivity (Wildman–Crippen MR) is 121 cm³/mol. The summed E-state index contributed by atoms with van der Waals surface area (Å²) in [4.78, 5) is 27.2. The Morgan fingerprint density at radius 2 is 1.94 bits per heavy atom. The van der Waals surface area contributed by atoms with Crippen molar-refractivity contribution in [1.82, 2.24) is 15.5 Å². The Morgan fingerprint density at radius 3 is 2.68 bits per heavy atom. The Labute approximate surface area is 189 Å². The highest BCUT2D eigenvalue weighted by Crippen LogP contribution is 2.25. The second-order valence-corrected chi connectivity index (χ2v) is 9.31. The summed E-state index contributed by atoms with van der Waals surface area (Å²) in [5, 5.41) is 9.88. The van der Waals surface area contributed by atoms with Crippen molar-refractivity contribution in [3.05, 3.63) is 64.9 Å². The largest absolute Gasteiger partial charge is 0.331 e. The topological polar surface area (TPSA) is 73.5 Å². The highest BCUT2D eigenvalue weighted by molar-refractivity contribution is 8.00. The van der Waals surface area contributed by atoms with Crippen LogP contribution in [0.5, 0.6) is 0 Å². The van der Waals surface area contributed by atoms with Gasteiger partial charge in [0, 0.05) is 36.4 Å². The zero-order valence-corrected chi connectivity index (χ0v) is 18.4. The fourth-order valence-electron chi connectivity index (χ4n) is 3.93. The fraction of sp³-hybridized carbons (Fsp3) is 0.364. The van der Waals surface area contributed by atoms with Gasteiger partial charge in [-0.3, -0.25) is 19.8 Å². The minimum absolute atomic E-state index is 0.0148. The highest BCUT2D eigenvalue weighted by atomic mass is 35.5. The number of amides is 2. The van der Waals surface area contributed by atoms with Crippen LogP contribution in [-0.2, 0) is 16.1 Å². The molecule has 2 heterocycles. The maximum atomic E-state index is 13.0. The molecule has 164 valence electrons. The Balaban J connectivity index is 1.24. The Kier molecular flexibility index (Phi) is 7.12. The Hall–Kier alpha value is -2.13. The van der Waals surface area contributed by atoms with Gasteiger partial charge in [-0.05, 0) is 48.4 Å². The molecule has 2 aromatic rings. The van der Waals surface area contributed by atoms with Gasteiger partial charge in [-0.15, -0.1) is 11.8 Å². The van der Waals surface area contributed by atoms with Crippen molar-refractivity contribution in [3.63, 3.8) is 0 Å². The van der Waals surface area contributed by atoms with Crippen LogP contribution < -0.4 is 16.0 Å². The van der Waals surface area contributed by atoms with Gasteiger partial charge in [0.2, 0.25) is 11.8 Å². The van der Waals surface area contributed by atoms with Crippen LogP contribution in [0.25, 0.3) is 0 Å². The van der Waals surface area contributed by atoms with E-state index < -0.39 is 0 Å². The lowest BCUT2D eigenvalue weighted by Crippen LogP contribution is -2.64. The lowest BCUT2D eigenvalue weighted by Gasteiger charge is -2.43. The first kappa shape index (κ1) is 22.1. The van der Waals surface area contributed by atoms with Crippen molar-refractivity contribution in [2.45, 2.75) is 24.5 Å². The first-order chi connectivity index (χ1) is 15.0. The molecule has 0 bridgehead atoms. The van der Waals surface area contributed by atoms with E-state index in [0.29, 0.717) is 17.3 Å². The molecule has 0 aliphatic carbocycles. The minimum Gasteiger partial charge on any atom is -0.331 e. The molecule has 31 heavy (non-hydrogen) atoms. The van der Waals surface area contributed by atoms with Crippen LogP contribution in [0.15, 0.2) is 48.5 Å². The molecule has 2 saturated heterocycles. The third-order valence-electron chi connectivity index (χ3n) is 5.50. The van der Waals surface area contributed by atoms with Crippen molar-refractivity contribution >= 4 is 40.9 Å². The van der Waals surface area contributed by atoms with Gasteiger partial charge in [0.05, 0.1) is 11.7 Å². The van der Waals surface area contributed by atoms with Gasteiger partial charge >= 0.3 is 0 Å². The zero-order valence-electron chi connectivity index (χ0n) is 16.8. The maximum Gasteiger partial charge on any atom is 0.234 e. The molecule has 2 aliphatic rings. The van der Waals surface area contributed by atoms with Crippen LogP contribution in [0, 0.1) is 11.7 Å². The summed E-state index contributed by atoms with van der Waals surface area (Å²) in [6.07, 6.45) is 0.866. The quantitative estimate of drug-likeness (QED) is 0.615. The van der Waals surface area contributed by atoms with Crippen LogP contribution in [0.4, 0.5) is 10.1 Å². The molecule has 3 atom stereocenters. The fourth-order valence-corrected chi connectivity index (χ4v) is 4.91. The van der Waals surface area contributed by atoms with E-state index in [9.17, 15) is 14.0 Å². The number of thioether (sulfide) groups is 1. The molecule has 3 unspecified atom stereocenters. The van der Waals surface area contributed by atoms with Crippen LogP contribution >= 0.6 is 23.4 Å². The van der Waals surface area contributed by atoms with Crippen molar-refractivity contribution in [1.29, 1.82) is 0 Å². The van der Waals surface area contributed by atoms with E-state index in [1.807, 2.05) is 24.3 Å². The van der Waals surface area contributed by atoms with E-state index in [2.05, 4.69) is 20.9 Å². The summed E-state index contributed by atoms with van der Waals surface area (Å²) < 4.78 is 13.0. The number of nitrogens with zero attached hydrogens (tertiary/aromatic N) is 1. The summed E-state index contributed by atoms with van der Waals surface area (Å²) in [5.74, 6) is -0.482. The van der Waals surface area contributed by atoms with Gasteiger partial charge in [-0.2, -0.15) is 0 Å². The normalized spacial score (nSPS) is 23.7. The van der Waals surface area contributed by atoms with Crippen LogP contribution in [0.3, 0.4) is 0 Å². The highest BCUT2D eigenvalue weighted by Gasteiger charge is 2.39. The summed E-state index contributed by atoms with van der Waals surface area (Å²) in [6, 6.07) is 13.5. The Morgan fingerprint density at radius 1 is 1.19 bits per heavy atom. The molecule has 2 fully saturated rings. The van der Waals surface area contributed by atoms with E-state index in [1.165, 1.54) is 41.6 Å². The molecule has 0 radical (unpaired) electrons. The molecule has 0 saturated carbocycles. The van der Waals surface area contributed by atoms with E-state index in [4.69, 9.17) is 11.6 Å². The van der Waals surface area contributed by atoms with Gasteiger partial charge < -0.3 is 10.6 Å². The molecule has 9 heteroatoms. The lowest BCUT2D eigenvalue weighted by atomic mass is 9.89. The number of anilines is 1. The number of hydrogen-bond donors (Lipinski definition) is 3. The van der Waals surface area contributed by atoms with Crippen molar-refractivity contribution in [2.24, 2.45) is 5.92 Å². The molecule has 0 spiro atoms. The van der Waals surface area contributed by atoms with Crippen molar-refractivity contribution in [2.75, 3.05) is 24.2 Å². The van der Waals surface area contributed by atoms with Gasteiger partial charge in [0.1, 0.15) is 11.3 Å². The molecule has 0 aromatic heterocycles. The van der Waals surface area contributed by atoms with E-state index in [0.717, 1.165) is 19.5 Å². The molecule has 2 amide bonds. The van der Waals surface area contributed by atoms with E-state index in [1.54, 1.807) is 0 Å². The average molecular weight is 463 g/mol. The monoisotopic (exact) mass is 462 g/mol. The molecule has 2 aromatic carbocycles. The molecule has 3 N–H and O–H groups in total. The van der Waals surface area contributed by atoms with Crippen molar-refractivity contribution < 1.29 is 14.0 Å². The molecule has 2 aliphatic heterocycles. The number of carbonyl (C=O) groups is 2. The van der Waals surface area contributed by atoms with Gasteiger partial charge in [0.15, 0.2) is 0 Å². The smallest absolute Gasteiger partial charge is 0.234 e. The number of likely N-dealkylation sites (tertiary alicyclic amines) is 1. The van der Waals surface area contributed by atoms with Crippen LogP contribution in [0.2, 0.25) is 5.02 Å². The molecular formula is C22H24ClFN4O2S. The number of halogens is 2. The van der Waals surface area contributed by atoms with Crippen molar-refractivity contribution in [3.8, 4) is 0 Å². The Bertz CT molecular complexity index is 928. The minimum atomic E-state index is -0.352. The second-order valence-electron chi connectivity index (χ2n) is 7.78. The number of hydrogen-bond acceptors (Lipinski definition) is 5. The number of rotatable bonds is 6. The van der Waals surface area contributed by atoms with E-state index >= 15 is 0 Å². The first-order valence-electron chi connectivity index (χ1n) is 10.2. The first-order valence-corrected chi connectivity index (χ1v) is 11.6. The van der Waals surface area contributed by atoms with E-state index in [-0.39, 0.29) is 40.8 Å². The maximum absolute atomic E-state index is 13.0. The van der Waals surface area contributed by atoms with Crippen LogP contribution in [-0.4, -0.2) is 47.1 Å². The SMILES string of the molecule is O=C(CSC1NC(=O)C2CN(Cc3ccc(Cl)cc3)CCC2N1)Nc1ccc(F)cc1. The summed E-state index contributed by atoms with van der Waals surface area (Å²) in [5.41, 5.74) is 1.41. The summed E-state index contributed by atoms with van der Waals surface area (Å²) in [6.45, 7) is 2.37. The van der Waals surface area contributed by atoms with Gasteiger partial charge in [-0.1, -0.05) is 23.7 Å². The zero-order chi connectivity index (χ0) is 21.8. The predicted octanol–water partition coefficient (Wildman–Crippen LogP) is 3.04. The van der Waals surface area contributed by atoms with Gasteiger partial charge in [0.25, 0.3) is 0 Å². The third kappa shape index (κ3) is 5.98.